The van der Waals surface area contributed by atoms with Crippen LogP contribution in [0.15, 0.2) is 60.9 Å². The first kappa shape index (κ1) is 20.2. The Bertz CT molecular complexity index is 996. The number of benzene rings is 1. The van der Waals surface area contributed by atoms with E-state index in [0.717, 1.165) is 47.3 Å². The summed E-state index contributed by atoms with van der Waals surface area (Å²) in [6.07, 6.45) is 6.77. The third-order valence-corrected chi connectivity index (χ3v) is 6.09. The second-order valence-corrected chi connectivity index (χ2v) is 8.01. The fraction of sp³-hybridized carbons (Fsp3) is 0.320. The molecule has 0 spiro atoms. The van der Waals surface area contributed by atoms with E-state index >= 15 is 0 Å². The highest BCUT2D eigenvalue weighted by Crippen LogP contribution is 2.43. The van der Waals surface area contributed by atoms with Crippen LogP contribution in [0.4, 0.5) is 0 Å². The third-order valence-electron chi connectivity index (χ3n) is 6.09. The zero-order valence-electron chi connectivity index (χ0n) is 17.5. The molecule has 1 fully saturated rings. The summed E-state index contributed by atoms with van der Waals surface area (Å²) in [5.74, 6) is -0.890. The quantitative estimate of drug-likeness (QED) is 0.632. The van der Waals surface area contributed by atoms with Crippen LogP contribution in [-0.2, 0) is 6.54 Å². The number of hydrogen-bond donors (Lipinski definition) is 1. The zero-order chi connectivity index (χ0) is 21.1. The van der Waals surface area contributed by atoms with E-state index in [1.165, 1.54) is 0 Å². The molecule has 1 aromatic carbocycles. The second-order valence-electron chi connectivity index (χ2n) is 8.01. The Kier molecular flexibility index (Phi) is 5.91. The molecule has 30 heavy (non-hydrogen) atoms. The van der Waals surface area contributed by atoms with E-state index in [-0.39, 0.29) is 12.1 Å². The first-order valence-electron chi connectivity index (χ1n) is 10.5. The molecule has 0 aliphatic carbocycles. The molecule has 3 aromatic rings. The molecule has 0 radical (unpaired) electrons. The average Bonchev–Trinajstić information content (AvgIpc) is 2.75. The van der Waals surface area contributed by atoms with E-state index in [0.29, 0.717) is 12.1 Å². The number of carboxylic acids is 1. The van der Waals surface area contributed by atoms with Crippen molar-refractivity contribution < 1.29 is 9.90 Å². The number of aryl methyl sites for hydroxylation is 2. The molecule has 4 rings (SSSR count). The fourth-order valence-corrected chi connectivity index (χ4v) is 4.62. The predicted molar refractivity (Wildman–Crippen MR) is 116 cm³/mol. The molecule has 3 heterocycles. The van der Waals surface area contributed by atoms with Crippen LogP contribution in [0.1, 0.15) is 69.8 Å². The van der Waals surface area contributed by atoms with Crippen molar-refractivity contribution >= 4 is 5.97 Å². The van der Waals surface area contributed by atoms with E-state index in [1.807, 2.05) is 36.7 Å². The molecule has 5 heteroatoms. The van der Waals surface area contributed by atoms with Crippen molar-refractivity contribution in [1.82, 2.24) is 14.9 Å². The number of likely N-dealkylation sites (tertiary alicyclic amines) is 1. The van der Waals surface area contributed by atoms with E-state index in [9.17, 15) is 9.90 Å². The van der Waals surface area contributed by atoms with Crippen LogP contribution in [0.25, 0.3) is 0 Å². The minimum absolute atomic E-state index is 0.119. The molecule has 0 amide bonds. The van der Waals surface area contributed by atoms with Gasteiger partial charge in [0, 0.05) is 18.9 Å². The van der Waals surface area contributed by atoms with E-state index in [4.69, 9.17) is 9.97 Å². The van der Waals surface area contributed by atoms with E-state index < -0.39 is 5.97 Å². The molecule has 154 valence electrons. The van der Waals surface area contributed by atoms with Gasteiger partial charge in [0.1, 0.15) is 0 Å². The van der Waals surface area contributed by atoms with Crippen LogP contribution in [0, 0.1) is 13.8 Å². The first-order valence-corrected chi connectivity index (χ1v) is 10.5. The second kappa shape index (κ2) is 8.76. The van der Waals surface area contributed by atoms with Gasteiger partial charge in [0.2, 0.25) is 0 Å². The Hall–Kier alpha value is -3.05. The van der Waals surface area contributed by atoms with Gasteiger partial charge in [-0.2, -0.15) is 0 Å². The van der Waals surface area contributed by atoms with Crippen molar-refractivity contribution in [2.75, 3.05) is 0 Å². The van der Waals surface area contributed by atoms with E-state index in [1.54, 1.807) is 12.1 Å². The van der Waals surface area contributed by atoms with Gasteiger partial charge in [0.25, 0.3) is 0 Å². The lowest BCUT2D eigenvalue weighted by Crippen LogP contribution is -2.37. The van der Waals surface area contributed by atoms with Crippen molar-refractivity contribution in [3.63, 3.8) is 0 Å². The van der Waals surface area contributed by atoms with Crippen molar-refractivity contribution in [3.05, 3.63) is 94.6 Å². The molecule has 1 aliphatic heterocycles. The van der Waals surface area contributed by atoms with Crippen LogP contribution in [0.2, 0.25) is 0 Å². The summed E-state index contributed by atoms with van der Waals surface area (Å²) in [7, 11) is 0. The minimum Gasteiger partial charge on any atom is -0.478 e. The maximum atomic E-state index is 11.8. The molecule has 1 N–H and O–H groups in total. The van der Waals surface area contributed by atoms with Crippen LogP contribution < -0.4 is 0 Å². The molecule has 0 bridgehead atoms. The van der Waals surface area contributed by atoms with Crippen molar-refractivity contribution in [2.24, 2.45) is 0 Å². The molecule has 2 unspecified atom stereocenters. The largest absolute Gasteiger partial charge is 0.478 e. The minimum atomic E-state index is -0.890. The maximum Gasteiger partial charge on any atom is 0.336 e. The van der Waals surface area contributed by atoms with Crippen LogP contribution in [0.3, 0.4) is 0 Å². The standard InChI is InChI=1S/C25H27N3O2/c1-17-8-6-14-26-23(17)21-12-5-13-22(24-18(2)9-7-15-27-24)28(21)16-19-10-3-4-11-20(19)25(29)30/h3-4,6-11,14-15,21-22H,5,12-13,16H2,1-2H3,(H,29,30). The van der Waals surface area contributed by atoms with Crippen LogP contribution in [-0.4, -0.2) is 25.9 Å². The summed E-state index contributed by atoms with van der Waals surface area (Å²) < 4.78 is 0. The SMILES string of the molecule is Cc1cccnc1C1CCCC(c2ncccc2C)N1Cc1ccccc1C(=O)O. The van der Waals surface area contributed by atoms with Gasteiger partial charge in [-0.3, -0.25) is 14.9 Å². The van der Waals surface area contributed by atoms with Gasteiger partial charge in [-0.15, -0.1) is 0 Å². The Morgan fingerprint density at radius 1 is 0.933 bits per heavy atom. The van der Waals surface area contributed by atoms with Gasteiger partial charge < -0.3 is 5.11 Å². The highest BCUT2D eigenvalue weighted by molar-refractivity contribution is 5.89. The number of hydrogen-bond acceptors (Lipinski definition) is 4. The van der Waals surface area contributed by atoms with Gasteiger partial charge in [0.05, 0.1) is 29.0 Å². The number of aromatic nitrogens is 2. The summed E-state index contributed by atoms with van der Waals surface area (Å²) in [4.78, 5) is 23.7. The summed E-state index contributed by atoms with van der Waals surface area (Å²) in [6.45, 7) is 4.74. The van der Waals surface area contributed by atoms with Gasteiger partial charge in [-0.1, -0.05) is 30.3 Å². The summed E-state index contributed by atoms with van der Waals surface area (Å²) in [5, 5.41) is 9.71. The molecule has 0 saturated carbocycles. The van der Waals surface area contributed by atoms with Gasteiger partial charge in [-0.25, -0.2) is 4.79 Å². The Balaban J connectivity index is 1.80. The lowest BCUT2D eigenvalue weighted by Gasteiger charge is -2.42. The number of piperidine rings is 1. The van der Waals surface area contributed by atoms with Crippen LogP contribution >= 0.6 is 0 Å². The van der Waals surface area contributed by atoms with Crippen molar-refractivity contribution in [2.45, 2.75) is 51.7 Å². The topological polar surface area (TPSA) is 66.3 Å². The highest BCUT2D eigenvalue weighted by Gasteiger charge is 2.35. The Labute approximate surface area is 177 Å². The van der Waals surface area contributed by atoms with E-state index in [2.05, 4.69) is 30.9 Å². The number of pyridine rings is 2. The van der Waals surface area contributed by atoms with Gasteiger partial charge in [-0.05, 0) is 68.0 Å². The molecule has 1 saturated heterocycles. The van der Waals surface area contributed by atoms with Gasteiger partial charge >= 0.3 is 5.97 Å². The Morgan fingerprint density at radius 2 is 1.50 bits per heavy atom. The summed E-state index contributed by atoms with van der Waals surface area (Å²) in [6, 6.07) is 15.7. The molecular formula is C25H27N3O2. The number of carboxylic acid groups (broad SMARTS) is 1. The zero-order valence-corrected chi connectivity index (χ0v) is 17.5. The first-order chi connectivity index (χ1) is 14.6. The molecule has 2 aromatic heterocycles. The number of carbonyl (C=O) groups is 1. The Morgan fingerprint density at radius 3 is 2.03 bits per heavy atom. The predicted octanol–water partition coefficient (Wildman–Crippen LogP) is 5.26. The monoisotopic (exact) mass is 401 g/mol. The summed E-state index contributed by atoms with van der Waals surface area (Å²) >= 11 is 0. The number of rotatable bonds is 5. The van der Waals surface area contributed by atoms with Gasteiger partial charge in [0.15, 0.2) is 0 Å². The fourth-order valence-electron chi connectivity index (χ4n) is 4.62. The number of nitrogens with zero attached hydrogens (tertiary/aromatic N) is 3. The molecule has 5 nitrogen and oxygen atoms in total. The summed E-state index contributed by atoms with van der Waals surface area (Å²) in [5.41, 5.74) is 5.65. The maximum absolute atomic E-state index is 11.8. The smallest absolute Gasteiger partial charge is 0.336 e. The van der Waals surface area contributed by atoms with Crippen molar-refractivity contribution in [3.8, 4) is 0 Å². The number of aromatic carboxylic acids is 1. The normalized spacial score (nSPS) is 19.5. The van der Waals surface area contributed by atoms with Crippen LogP contribution in [0.5, 0.6) is 0 Å². The third kappa shape index (κ3) is 3.98. The highest BCUT2D eigenvalue weighted by atomic mass is 16.4. The molecule has 1 aliphatic rings. The van der Waals surface area contributed by atoms with Crippen molar-refractivity contribution in [1.29, 1.82) is 0 Å². The average molecular weight is 402 g/mol. The lowest BCUT2D eigenvalue weighted by atomic mass is 9.88. The lowest BCUT2D eigenvalue weighted by molar-refractivity contribution is 0.0636. The molecular weight excluding hydrogens is 374 g/mol. The molecule has 2 atom stereocenters.